The molecule has 4 unspecified atom stereocenters. The average Bonchev–Trinajstić information content (AvgIpc) is 1.62. The fourth-order valence-electron chi connectivity index (χ4n) is 17.0. The van der Waals surface area contributed by atoms with E-state index >= 15 is 0 Å². The van der Waals surface area contributed by atoms with E-state index in [1.807, 2.05) is 52.0 Å². The number of rotatable bonds is 22. The molecule has 9 N–H and O–H groups in total. The largest absolute Gasteiger partial charge is 0.480 e. The second kappa shape index (κ2) is 37.3. The van der Waals surface area contributed by atoms with Gasteiger partial charge in [0.05, 0.1) is 89.9 Å². The fourth-order valence-corrected chi connectivity index (χ4v) is 17.7. The highest BCUT2D eigenvalue weighted by atomic mass is 35.5. The van der Waals surface area contributed by atoms with E-state index in [-0.39, 0.29) is 63.1 Å². The summed E-state index contributed by atoms with van der Waals surface area (Å²) in [5, 5.41) is 12.2. The minimum absolute atomic E-state index is 0.0558. The Labute approximate surface area is 692 Å². The van der Waals surface area contributed by atoms with Gasteiger partial charge in [0.1, 0.15) is 22.9 Å². The molecule has 5 amide bonds. The van der Waals surface area contributed by atoms with Crippen LogP contribution in [0.2, 0.25) is 15.1 Å². The van der Waals surface area contributed by atoms with E-state index in [2.05, 4.69) is 75.3 Å². The highest BCUT2D eigenvalue weighted by Gasteiger charge is 2.40. The zero-order chi connectivity index (χ0) is 83.0. The number of fused-ring (bicyclic) bond motifs is 6. The van der Waals surface area contributed by atoms with Crippen LogP contribution in [0.5, 0.6) is 11.8 Å². The summed E-state index contributed by atoms with van der Waals surface area (Å²) in [5.41, 5.74) is 27.2. The number of nitro benzene ring substituents is 1. The van der Waals surface area contributed by atoms with E-state index in [1.54, 1.807) is 31.5 Å². The molecule has 13 heterocycles. The van der Waals surface area contributed by atoms with Gasteiger partial charge in [-0.1, -0.05) is 62.5 Å². The predicted octanol–water partition coefficient (Wildman–Crippen LogP) is 11.8. The van der Waals surface area contributed by atoms with Gasteiger partial charge in [0.25, 0.3) is 40.8 Å². The summed E-state index contributed by atoms with van der Waals surface area (Å²) >= 11 is 18.2. The van der Waals surface area contributed by atoms with E-state index < -0.39 is 16.7 Å². The Morgan fingerprint density at radius 3 is 1.29 bits per heavy atom. The summed E-state index contributed by atoms with van der Waals surface area (Å²) in [6, 6.07) is 18.5. The number of methoxy groups -OCH3 is 2. The highest BCUT2D eigenvalue weighted by Crippen LogP contribution is 2.39. The number of imidazole rings is 2. The molecule has 4 aromatic carbocycles. The maximum Gasteiger partial charge on any atom is 0.292 e. The van der Waals surface area contributed by atoms with Crippen LogP contribution in [0.25, 0.3) is 44.8 Å². The van der Waals surface area contributed by atoms with Crippen molar-refractivity contribution in [2.75, 3.05) is 136 Å². The number of hydrogen-bond acceptors (Lipinski definition) is 22. The number of nitrogens with zero attached hydrogens (tertiary/aromatic N) is 13. The maximum absolute atomic E-state index is 13.1. The number of carbonyl (C=O) groups is 6. The van der Waals surface area contributed by atoms with Crippen molar-refractivity contribution in [3.63, 3.8) is 0 Å². The number of halogens is 3. The number of nitrogen functional groups attached to an aromatic ring is 3. The van der Waals surface area contributed by atoms with E-state index in [1.165, 1.54) is 127 Å². The van der Waals surface area contributed by atoms with Crippen LogP contribution in [0.3, 0.4) is 0 Å². The first kappa shape index (κ1) is 84.3. The zero-order valence-electron chi connectivity index (χ0n) is 66.7. The van der Waals surface area contributed by atoms with Crippen molar-refractivity contribution in [3.8, 4) is 34.5 Å². The Kier molecular flexibility index (Phi) is 26.9. The van der Waals surface area contributed by atoms with Crippen LogP contribution < -0.4 is 32.2 Å². The lowest BCUT2D eigenvalue weighted by Gasteiger charge is -2.24. The molecular formula is C84H100Cl3N19O11. The minimum Gasteiger partial charge on any atom is -0.480 e. The number of benzene rings is 4. The number of H-pyrrole nitrogens is 3. The molecule has 0 radical (unpaired) electrons. The number of imide groups is 1. The first-order valence-electron chi connectivity index (χ1n) is 39.9. The van der Waals surface area contributed by atoms with Crippen molar-refractivity contribution in [3.05, 3.63) is 171 Å². The summed E-state index contributed by atoms with van der Waals surface area (Å²) in [5.74, 6) is 2.48. The number of amides is 5. The van der Waals surface area contributed by atoms with Crippen LogP contribution >= 0.6 is 34.8 Å². The van der Waals surface area contributed by atoms with Gasteiger partial charge in [0.2, 0.25) is 11.8 Å². The van der Waals surface area contributed by atoms with Gasteiger partial charge in [-0.2, -0.15) is 0 Å². The lowest BCUT2D eigenvalue weighted by atomic mass is 10.1. The van der Waals surface area contributed by atoms with Gasteiger partial charge < -0.3 is 75.9 Å². The van der Waals surface area contributed by atoms with Gasteiger partial charge in [0, 0.05) is 113 Å². The summed E-state index contributed by atoms with van der Waals surface area (Å²) in [7, 11) is 2.99. The summed E-state index contributed by atoms with van der Waals surface area (Å²) in [6.45, 7) is 26.4. The van der Waals surface area contributed by atoms with Crippen molar-refractivity contribution in [2.24, 2.45) is 23.7 Å². The molecule has 4 atom stereocenters. The fraction of sp³-hybridized carbons (Fsp3) is 0.440. The number of likely N-dealkylation sites (tertiary alicyclic amines) is 4. The number of hydrogen-bond donors (Lipinski definition) is 6. The topological polar surface area (TPSA) is 384 Å². The molecule has 618 valence electrons. The first-order valence-corrected chi connectivity index (χ1v) is 41.0. The Bertz CT molecular complexity index is 5280. The van der Waals surface area contributed by atoms with Crippen LogP contribution in [0, 0.1) is 33.8 Å². The molecule has 0 saturated carbocycles. The summed E-state index contributed by atoms with van der Waals surface area (Å²) < 4.78 is 10.1. The normalized spacial score (nSPS) is 17.6. The van der Waals surface area contributed by atoms with Crippen molar-refractivity contribution >= 4 is 115 Å². The monoisotopic (exact) mass is 1660 g/mol. The number of aldehydes is 1. The molecule has 5 aromatic heterocycles. The van der Waals surface area contributed by atoms with Crippen LogP contribution in [-0.2, 0) is 19.6 Å². The number of anilines is 3. The number of nitrogens with two attached hydrogens (primary N) is 3. The molecular weight excluding hydrogens is 1560 g/mol. The van der Waals surface area contributed by atoms with Crippen molar-refractivity contribution in [1.29, 1.82) is 0 Å². The van der Waals surface area contributed by atoms with Gasteiger partial charge >= 0.3 is 0 Å². The minimum atomic E-state index is -0.647. The molecule has 8 aliphatic heterocycles. The van der Waals surface area contributed by atoms with Crippen molar-refractivity contribution in [2.45, 2.75) is 98.7 Å². The van der Waals surface area contributed by atoms with Gasteiger partial charge in [-0.25, -0.2) is 19.9 Å². The number of pyridine rings is 3. The summed E-state index contributed by atoms with van der Waals surface area (Å²) in [4.78, 5) is 140. The number of nitrogens with one attached hydrogen (secondary N) is 3. The number of nitro groups is 1. The third-order valence-electron chi connectivity index (χ3n) is 22.5. The van der Waals surface area contributed by atoms with Crippen LogP contribution in [0.1, 0.15) is 158 Å². The molecule has 17 rings (SSSR count). The molecule has 0 aliphatic carbocycles. The lowest BCUT2D eigenvalue weighted by molar-refractivity contribution is -0.383. The third-order valence-corrected chi connectivity index (χ3v) is 23.5. The van der Waals surface area contributed by atoms with Gasteiger partial charge in [-0.05, 0) is 205 Å². The predicted molar refractivity (Wildman–Crippen MR) is 451 cm³/mol. The first-order chi connectivity index (χ1) is 56.2. The molecule has 4 saturated heterocycles. The molecule has 9 aromatic rings. The van der Waals surface area contributed by atoms with Gasteiger partial charge in [-0.3, -0.25) is 48.6 Å². The Balaban J connectivity index is 0.000000131. The standard InChI is InChI=1S/C23H26ClN5O2.C22H24ClN5O2.C16H20N4O4.C16H24N4O.C7H6ClNO2/c1-14(11-28-7-3-4-8-28)12-29-13-15-9-18-19(10-16(15)23(29)30)27-21(26-18)20-17(24)5-6-25-22(20)31-2;1-13(10-27-6-2-3-7-27)11-28-12-14-8-17-18(9-15(14)22(28)30)26-20(25-17)19-16(23)4-5-24-21(19)29;1-10(8-18-4-2-3-5-18)9-19-15(21)11-6-13(17)14(20(23)24)7-12(11)16(19)22;1-11(8-19-4-2-3-5-19)9-20-10-12-6-14(17)15(18)7-13(12)16(20)21;1-11-7-5(4-10)6(8)2-3-9-7/h5-6,9-10,14H,3-4,7-8,11-13H2,1-2H3,(H,26,27);4-5,8-9,13H,2-3,6-7,10-12H2,1H3,(H,24,29)(H,25,26);6-7,10H,2-5,8-9,17H2,1H3;6-7,11H,2-5,8-10,17-18H2,1H3;2-4H,1H3. The molecule has 0 spiro atoms. The quantitative estimate of drug-likeness (QED) is 0.0121. The lowest BCUT2D eigenvalue weighted by Crippen LogP contribution is -2.37. The average molecular weight is 1660 g/mol. The van der Waals surface area contributed by atoms with Crippen LogP contribution in [0.15, 0.2) is 90.1 Å². The number of ether oxygens (including phenoxy) is 2. The van der Waals surface area contributed by atoms with Crippen molar-refractivity contribution in [1.82, 2.24) is 74.1 Å². The second-order valence-corrected chi connectivity index (χ2v) is 33.1. The van der Waals surface area contributed by atoms with E-state index in [4.69, 9.17) is 61.5 Å². The number of aromatic nitrogens is 7. The molecule has 30 nitrogen and oxygen atoms in total. The molecule has 117 heavy (non-hydrogen) atoms. The van der Waals surface area contributed by atoms with Gasteiger partial charge in [-0.15, -0.1) is 0 Å². The molecule has 33 heteroatoms. The Hall–Kier alpha value is -10.6. The third kappa shape index (κ3) is 19.3. The zero-order valence-corrected chi connectivity index (χ0v) is 69.0. The maximum atomic E-state index is 13.1. The second-order valence-electron chi connectivity index (χ2n) is 31.8. The summed E-state index contributed by atoms with van der Waals surface area (Å²) in [6.07, 6.45) is 15.3. The molecule has 8 aliphatic rings. The van der Waals surface area contributed by atoms with Gasteiger partial charge in [0.15, 0.2) is 6.29 Å². The van der Waals surface area contributed by atoms with E-state index in [0.29, 0.717) is 116 Å². The Morgan fingerprint density at radius 2 is 0.863 bits per heavy atom. The number of aromatic amines is 3. The van der Waals surface area contributed by atoms with E-state index in [9.17, 15) is 43.7 Å². The SMILES string of the molecule is CC(CN1CCCC1)CN1C(=O)c2cc(N)c([N+](=O)[O-])cc2C1=O.CC(CN1CCCC1)CN1Cc2cc(N)c(N)cc2C1=O.CC(CN1CCCC1)CN1Cc2cc3[nH]c(-c4c(Cl)cc[nH]c4=O)nc3cc2C1=O.COc1nccc(Cl)c1-c1nc2cc3c(cc2[nH]1)CN(CC(C)CN1CCCC1)C3=O.COc1nccc(Cl)c1C=O. The Morgan fingerprint density at radius 1 is 0.479 bits per heavy atom. The van der Waals surface area contributed by atoms with Crippen LogP contribution in [-0.4, -0.2) is 234 Å². The highest BCUT2D eigenvalue weighted by molar-refractivity contribution is 6.34. The van der Waals surface area contributed by atoms with Crippen LogP contribution in [0.4, 0.5) is 22.7 Å². The smallest absolute Gasteiger partial charge is 0.292 e. The molecule has 0 bridgehead atoms. The van der Waals surface area contributed by atoms with E-state index in [0.717, 1.165) is 109 Å². The van der Waals surface area contributed by atoms with Crippen molar-refractivity contribution < 1.29 is 43.2 Å². The number of carbonyl (C=O) groups excluding carboxylic acids is 6. The molecule has 4 fully saturated rings.